The van der Waals surface area contributed by atoms with Crippen LogP contribution in [0, 0.1) is 6.92 Å². The smallest absolute Gasteiger partial charge is 0.0442 e. The van der Waals surface area contributed by atoms with Gasteiger partial charge >= 0.3 is 0 Å². The van der Waals surface area contributed by atoms with Gasteiger partial charge in [0.2, 0.25) is 0 Å². The fourth-order valence-electron chi connectivity index (χ4n) is 3.03. The molecule has 0 saturated heterocycles. The minimum absolute atomic E-state index is 0.156. The number of rotatable bonds is 4. The molecule has 0 bridgehead atoms. The van der Waals surface area contributed by atoms with Crippen LogP contribution in [0.5, 0.6) is 0 Å². The standard InChI is InChI=1S/C17H29N3/c1-14-8-6-9-15-12-18-17(2,3)13-20(16(14)15)11-7-10-19(4)5/h6,8-9,18H,7,10-13H2,1-5H3. The largest absolute Gasteiger partial charge is 0.369 e. The van der Waals surface area contributed by atoms with Gasteiger partial charge in [-0.25, -0.2) is 0 Å². The van der Waals surface area contributed by atoms with Crippen LogP contribution >= 0.6 is 0 Å². The summed E-state index contributed by atoms with van der Waals surface area (Å²) in [5, 5.41) is 3.68. The quantitative estimate of drug-likeness (QED) is 0.911. The van der Waals surface area contributed by atoms with E-state index in [1.807, 2.05) is 0 Å². The number of fused-ring (bicyclic) bond motifs is 1. The van der Waals surface area contributed by atoms with Gasteiger partial charge in [-0.05, 0) is 59.0 Å². The Morgan fingerprint density at radius 2 is 2.05 bits per heavy atom. The molecule has 0 spiro atoms. The third-order valence-corrected chi connectivity index (χ3v) is 4.01. The summed E-state index contributed by atoms with van der Waals surface area (Å²) in [6, 6.07) is 6.66. The lowest BCUT2D eigenvalue weighted by Crippen LogP contribution is -2.47. The number of nitrogens with zero attached hydrogens (tertiary/aromatic N) is 2. The maximum atomic E-state index is 3.68. The van der Waals surface area contributed by atoms with E-state index in [9.17, 15) is 0 Å². The lowest BCUT2D eigenvalue weighted by molar-refractivity contribution is 0.378. The van der Waals surface area contributed by atoms with Gasteiger partial charge in [-0.2, -0.15) is 0 Å². The molecule has 1 N–H and O–H groups in total. The molecule has 1 heterocycles. The highest BCUT2D eigenvalue weighted by Gasteiger charge is 2.27. The van der Waals surface area contributed by atoms with Crippen molar-refractivity contribution in [3.8, 4) is 0 Å². The van der Waals surface area contributed by atoms with Crippen molar-refractivity contribution >= 4 is 5.69 Å². The summed E-state index contributed by atoms with van der Waals surface area (Å²) in [4.78, 5) is 4.84. The third kappa shape index (κ3) is 3.74. The second-order valence-corrected chi connectivity index (χ2v) is 6.90. The molecule has 1 aliphatic heterocycles. The number of nitrogens with one attached hydrogen (secondary N) is 1. The first kappa shape index (κ1) is 15.3. The van der Waals surface area contributed by atoms with Crippen LogP contribution in [0.15, 0.2) is 18.2 Å². The molecule has 0 amide bonds. The van der Waals surface area contributed by atoms with E-state index in [0.717, 1.165) is 26.2 Å². The van der Waals surface area contributed by atoms with E-state index in [1.165, 1.54) is 23.2 Å². The first-order valence-corrected chi connectivity index (χ1v) is 7.62. The van der Waals surface area contributed by atoms with Gasteiger partial charge < -0.3 is 15.1 Å². The molecule has 0 atom stereocenters. The molecule has 112 valence electrons. The minimum Gasteiger partial charge on any atom is -0.369 e. The number of para-hydroxylation sites is 1. The van der Waals surface area contributed by atoms with Crippen molar-refractivity contribution in [3.05, 3.63) is 29.3 Å². The van der Waals surface area contributed by atoms with Crippen LogP contribution in [0.1, 0.15) is 31.4 Å². The normalized spacial score (nSPS) is 18.0. The van der Waals surface area contributed by atoms with Crippen molar-refractivity contribution in [2.24, 2.45) is 0 Å². The average molecular weight is 275 g/mol. The van der Waals surface area contributed by atoms with E-state index < -0.39 is 0 Å². The average Bonchev–Trinajstić information content (AvgIpc) is 2.47. The molecule has 0 saturated carbocycles. The number of hydrogen-bond acceptors (Lipinski definition) is 3. The molecule has 1 aromatic carbocycles. The van der Waals surface area contributed by atoms with Crippen LogP contribution < -0.4 is 10.2 Å². The number of anilines is 1. The van der Waals surface area contributed by atoms with Crippen LogP contribution in [0.3, 0.4) is 0 Å². The molecule has 1 aliphatic rings. The second-order valence-electron chi connectivity index (χ2n) is 6.90. The Labute approximate surface area is 124 Å². The summed E-state index contributed by atoms with van der Waals surface area (Å²) in [5.74, 6) is 0. The van der Waals surface area contributed by atoms with Crippen molar-refractivity contribution < 1.29 is 0 Å². The van der Waals surface area contributed by atoms with Gasteiger partial charge in [0, 0.05) is 30.9 Å². The summed E-state index contributed by atoms with van der Waals surface area (Å²) >= 11 is 0. The molecule has 0 fully saturated rings. The summed E-state index contributed by atoms with van der Waals surface area (Å²) in [7, 11) is 4.29. The van der Waals surface area contributed by atoms with E-state index in [4.69, 9.17) is 0 Å². The molecule has 20 heavy (non-hydrogen) atoms. The van der Waals surface area contributed by atoms with Crippen LogP contribution in [0.2, 0.25) is 0 Å². The van der Waals surface area contributed by atoms with Crippen LogP contribution in [0.4, 0.5) is 5.69 Å². The van der Waals surface area contributed by atoms with E-state index >= 15 is 0 Å². The van der Waals surface area contributed by atoms with Crippen molar-refractivity contribution in [3.63, 3.8) is 0 Å². The van der Waals surface area contributed by atoms with Gasteiger partial charge in [-0.3, -0.25) is 0 Å². The van der Waals surface area contributed by atoms with Crippen LogP contribution in [-0.2, 0) is 6.54 Å². The van der Waals surface area contributed by atoms with Crippen LogP contribution in [0.25, 0.3) is 0 Å². The van der Waals surface area contributed by atoms with Gasteiger partial charge in [0.05, 0.1) is 0 Å². The highest BCUT2D eigenvalue weighted by Crippen LogP contribution is 2.29. The lowest BCUT2D eigenvalue weighted by atomic mass is 10.0. The summed E-state index contributed by atoms with van der Waals surface area (Å²) < 4.78 is 0. The summed E-state index contributed by atoms with van der Waals surface area (Å²) in [5.41, 5.74) is 4.43. The number of hydrogen-bond donors (Lipinski definition) is 1. The Balaban J connectivity index is 2.22. The molecule has 2 rings (SSSR count). The molecule has 3 nitrogen and oxygen atoms in total. The molecule has 0 radical (unpaired) electrons. The zero-order chi connectivity index (χ0) is 14.8. The SMILES string of the molecule is Cc1cccc2c1N(CCCN(C)C)CC(C)(C)NC2. The number of benzene rings is 1. The molecule has 3 heteroatoms. The Hall–Kier alpha value is -1.06. The molecule has 0 aromatic heterocycles. The second kappa shape index (κ2) is 6.15. The Bertz CT molecular complexity index is 452. The van der Waals surface area contributed by atoms with Gasteiger partial charge in [0.15, 0.2) is 0 Å². The van der Waals surface area contributed by atoms with Crippen molar-refractivity contribution in [2.75, 3.05) is 38.6 Å². The number of aryl methyl sites for hydroxylation is 1. The highest BCUT2D eigenvalue weighted by atomic mass is 15.2. The molecule has 0 unspecified atom stereocenters. The van der Waals surface area contributed by atoms with Crippen LogP contribution in [-0.4, -0.2) is 44.2 Å². The molecular formula is C17H29N3. The predicted molar refractivity (Wildman–Crippen MR) is 87.5 cm³/mol. The van der Waals surface area contributed by atoms with Gasteiger partial charge in [0.1, 0.15) is 0 Å². The van der Waals surface area contributed by atoms with E-state index in [1.54, 1.807) is 0 Å². The van der Waals surface area contributed by atoms with Crippen molar-refractivity contribution in [2.45, 2.75) is 39.3 Å². The zero-order valence-corrected chi connectivity index (χ0v) is 13.7. The van der Waals surface area contributed by atoms with Gasteiger partial charge in [-0.1, -0.05) is 18.2 Å². The maximum absolute atomic E-state index is 3.68. The van der Waals surface area contributed by atoms with E-state index in [2.05, 4.69) is 68.2 Å². The van der Waals surface area contributed by atoms with Crippen molar-refractivity contribution in [1.29, 1.82) is 0 Å². The van der Waals surface area contributed by atoms with E-state index in [-0.39, 0.29) is 5.54 Å². The Morgan fingerprint density at radius 3 is 2.75 bits per heavy atom. The summed E-state index contributed by atoms with van der Waals surface area (Å²) in [6.07, 6.45) is 1.21. The lowest BCUT2D eigenvalue weighted by Gasteiger charge is -2.33. The minimum atomic E-state index is 0.156. The Morgan fingerprint density at radius 1 is 1.30 bits per heavy atom. The molecule has 1 aromatic rings. The predicted octanol–water partition coefficient (Wildman–Crippen LogP) is 2.63. The van der Waals surface area contributed by atoms with E-state index in [0.29, 0.717) is 0 Å². The monoisotopic (exact) mass is 275 g/mol. The van der Waals surface area contributed by atoms with Crippen molar-refractivity contribution in [1.82, 2.24) is 10.2 Å². The topological polar surface area (TPSA) is 18.5 Å². The maximum Gasteiger partial charge on any atom is 0.0442 e. The highest BCUT2D eigenvalue weighted by molar-refractivity contribution is 5.60. The fraction of sp³-hybridized carbons (Fsp3) is 0.647. The zero-order valence-electron chi connectivity index (χ0n) is 13.7. The third-order valence-electron chi connectivity index (χ3n) is 4.01. The molecule has 0 aliphatic carbocycles. The Kier molecular flexibility index (Phi) is 4.71. The fourth-order valence-corrected chi connectivity index (χ4v) is 3.03. The first-order valence-electron chi connectivity index (χ1n) is 7.62. The van der Waals surface area contributed by atoms with Gasteiger partial charge in [0.25, 0.3) is 0 Å². The first-order chi connectivity index (χ1) is 9.39. The molecular weight excluding hydrogens is 246 g/mol. The summed E-state index contributed by atoms with van der Waals surface area (Å²) in [6.45, 7) is 11.1. The van der Waals surface area contributed by atoms with Gasteiger partial charge in [-0.15, -0.1) is 0 Å².